The lowest BCUT2D eigenvalue weighted by Gasteiger charge is -2.29. The van der Waals surface area contributed by atoms with E-state index >= 15 is 0 Å². The quantitative estimate of drug-likeness (QED) is 0.342. The van der Waals surface area contributed by atoms with E-state index in [0.717, 1.165) is 0 Å². The molecule has 35 heavy (non-hydrogen) atoms. The average molecular weight is 531 g/mol. The second kappa shape index (κ2) is 9.09. The molecule has 1 aliphatic carbocycles. The van der Waals surface area contributed by atoms with Crippen molar-refractivity contribution in [2.24, 2.45) is 5.41 Å². The van der Waals surface area contributed by atoms with Gasteiger partial charge in [0.15, 0.2) is 0 Å². The first kappa shape index (κ1) is 26.0. The highest BCUT2D eigenvalue weighted by atomic mass is 35.5. The van der Waals surface area contributed by atoms with Crippen molar-refractivity contribution in [1.29, 1.82) is 0 Å². The van der Waals surface area contributed by atoms with Crippen LogP contribution < -0.4 is 4.72 Å². The minimum absolute atomic E-state index is 0.152. The van der Waals surface area contributed by atoms with E-state index in [2.05, 4.69) is 0 Å². The summed E-state index contributed by atoms with van der Waals surface area (Å²) in [5, 5.41) is -0.394. The number of rotatable bonds is 6. The Hall–Kier alpha value is -2.10. The smallest absolute Gasteiger partial charge is 0.347 e. The minimum atomic E-state index is -4.86. The van der Waals surface area contributed by atoms with Crippen LogP contribution in [0, 0.1) is 11.2 Å². The third-order valence-corrected chi connectivity index (χ3v) is 8.45. The molecule has 4 rings (SSSR count). The predicted octanol–water partition coefficient (Wildman–Crippen LogP) is 7.22. The molecule has 0 saturated heterocycles. The topological polar surface area (TPSA) is 51.1 Å². The predicted molar refractivity (Wildman–Crippen MR) is 130 cm³/mol. The van der Waals surface area contributed by atoms with Gasteiger partial charge in [0.05, 0.1) is 10.3 Å². The molecular formula is C25H27ClF4N2O2S. The molecule has 1 N–H and O–H groups in total. The highest BCUT2D eigenvalue weighted by Gasteiger charge is 2.46. The van der Waals surface area contributed by atoms with Gasteiger partial charge in [0, 0.05) is 34.8 Å². The molecule has 0 aliphatic heterocycles. The van der Waals surface area contributed by atoms with Crippen LogP contribution in [0.1, 0.15) is 51.6 Å². The lowest BCUT2D eigenvalue weighted by atomic mass is 9.96. The zero-order chi connectivity index (χ0) is 25.8. The first-order chi connectivity index (χ1) is 16.2. The van der Waals surface area contributed by atoms with Crippen LogP contribution in [-0.4, -0.2) is 24.4 Å². The fraction of sp³-hybridized carbons (Fsp3) is 0.440. The second-order valence-electron chi connectivity index (χ2n) is 10.3. The number of halogens is 5. The van der Waals surface area contributed by atoms with Crippen LogP contribution in [0.25, 0.3) is 22.0 Å². The largest absolute Gasteiger partial charge is 0.408 e. The van der Waals surface area contributed by atoms with E-state index in [1.54, 1.807) is 16.7 Å². The zero-order valence-corrected chi connectivity index (χ0v) is 21.2. The summed E-state index contributed by atoms with van der Waals surface area (Å²) >= 11 is 6.23. The maximum atomic E-state index is 14.6. The Morgan fingerprint density at radius 3 is 2.37 bits per heavy atom. The van der Waals surface area contributed by atoms with Crippen LogP contribution in [0.3, 0.4) is 0 Å². The van der Waals surface area contributed by atoms with E-state index in [4.69, 9.17) is 11.6 Å². The number of hydrogen-bond acceptors (Lipinski definition) is 2. The lowest BCUT2D eigenvalue weighted by Crippen LogP contribution is -2.44. The van der Waals surface area contributed by atoms with Crippen LogP contribution in [0.4, 0.5) is 17.6 Å². The van der Waals surface area contributed by atoms with Gasteiger partial charge in [-0.15, -0.1) is 0 Å². The summed E-state index contributed by atoms with van der Waals surface area (Å²) in [7, 11) is -4.16. The molecule has 0 spiro atoms. The van der Waals surface area contributed by atoms with Crippen molar-refractivity contribution in [3.8, 4) is 11.1 Å². The summed E-state index contributed by atoms with van der Waals surface area (Å²) in [5.41, 5.74) is 0.515. The molecule has 3 aromatic rings. The van der Waals surface area contributed by atoms with Crippen molar-refractivity contribution in [2.45, 2.75) is 64.0 Å². The molecule has 1 aliphatic rings. The van der Waals surface area contributed by atoms with Crippen LogP contribution in [0.15, 0.2) is 42.6 Å². The van der Waals surface area contributed by atoms with Crippen LogP contribution in [0.5, 0.6) is 0 Å². The lowest BCUT2D eigenvalue weighted by molar-refractivity contribution is -0.152. The van der Waals surface area contributed by atoms with E-state index in [9.17, 15) is 26.0 Å². The number of nitrogens with zero attached hydrogens (tertiary/aromatic N) is 1. The van der Waals surface area contributed by atoms with Crippen molar-refractivity contribution in [3.05, 3.63) is 59.0 Å². The molecule has 1 aromatic heterocycles. The Bertz CT molecular complexity index is 1340. The number of sulfonamides is 1. The van der Waals surface area contributed by atoms with Gasteiger partial charge in [-0.25, -0.2) is 12.8 Å². The standard InChI is InChI=1S/C25H27ClF4N2O2S/c1-24(2,3)14-32-13-18(23(25(28,29)30)31-35(33,34)16-6-4-7-16)17-11-10-15(12-21(17)32)22-19(26)8-5-9-20(22)27/h5,8-13,16,23,31H,4,6-7,14H2,1-3H3. The van der Waals surface area contributed by atoms with Crippen molar-refractivity contribution in [2.75, 3.05) is 0 Å². The van der Waals surface area contributed by atoms with Gasteiger partial charge in [-0.05, 0) is 42.0 Å². The molecule has 1 fully saturated rings. The summed E-state index contributed by atoms with van der Waals surface area (Å²) in [5.74, 6) is -0.549. The van der Waals surface area contributed by atoms with Crippen molar-refractivity contribution >= 4 is 32.5 Å². The van der Waals surface area contributed by atoms with Crippen LogP contribution >= 0.6 is 11.6 Å². The maximum Gasteiger partial charge on any atom is 0.408 e. The number of aromatic nitrogens is 1. The van der Waals surface area contributed by atoms with Crippen LogP contribution in [-0.2, 0) is 16.6 Å². The summed E-state index contributed by atoms with van der Waals surface area (Å²) in [4.78, 5) is 0. The fourth-order valence-corrected chi connectivity index (χ4v) is 6.38. The van der Waals surface area contributed by atoms with E-state index in [1.807, 2.05) is 25.5 Å². The van der Waals surface area contributed by atoms with Crippen molar-refractivity contribution < 1.29 is 26.0 Å². The first-order valence-corrected chi connectivity index (χ1v) is 13.2. The summed E-state index contributed by atoms with van der Waals surface area (Å²) in [6, 6.07) is 6.45. The molecule has 2 aromatic carbocycles. The number of nitrogens with one attached hydrogen (secondary N) is 1. The third-order valence-electron chi connectivity index (χ3n) is 6.22. The molecule has 190 valence electrons. The molecule has 10 heteroatoms. The minimum Gasteiger partial charge on any atom is -0.347 e. The van der Waals surface area contributed by atoms with Gasteiger partial charge in [-0.2, -0.15) is 17.9 Å². The molecular weight excluding hydrogens is 504 g/mol. The third kappa shape index (κ3) is 5.37. The van der Waals surface area contributed by atoms with Gasteiger partial charge in [-0.1, -0.05) is 57.0 Å². The highest BCUT2D eigenvalue weighted by Crippen LogP contribution is 2.41. The van der Waals surface area contributed by atoms with Gasteiger partial charge in [-0.3, -0.25) is 0 Å². The Morgan fingerprint density at radius 2 is 1.83 bits per heavy atom. The molecule has 4 nitrogen and oxygen atoms in total. The van der Waals surface area contributed by atoms with Gasteiger partial charge >= 0.3 is 6.18 Å². The van der Waals surface area contributed by atoms with Crippen LogP contribution in [0.2, 0.25) is 5.02 Å². The van der Waals surface area contributed by atoms with Gasteiger partial charge in [0.25, 0.3) is 0 Å². The summed E-state index contributed by atoms with van der Waals surface area (Å²) < 4.78 is 86.2. The number of alkyl halides is 3. The average Bonchev–Trinajstić information content (AvgIpc) is 2.99. The second-order valence-corrected chi connectivity index (χ2v) is 12.7. The SMILES string of the molecule is CC(C)(C)Cn1cc(C(NS(=O)(=O)C2CCC2)C(F)(F)F)c2ccc(-c3c(F)cccc3Cl)cc21. The van der Waals surface area contributed by atoms with Gasteiger partial charge < -0.3 is 4.57 Å². The fourth-order valence-electron chi connectivity index (χ4n) is 4.37. The number of hydrogen-bond donors (Lipinski definition) is 1. The molecule has 1 heterocycles. The van der Waals surface area contributed by atoms with E-state index < -0.39 is 33.3 Å². The van der Waals surface area contributed by atoms with Gasteiger partial charge in [0.2, 0.25) is 10.0 Å². The van der Waals surface area contributed by atoms with Gasteiger partial charge in [0.1, 0.15) is 11.9 Å². The number of fused-ring (bicyclic) bond motifs is 1. The van der Waals surface area contributed by atoms with Crippen molar-refractivity contribution in [3.63, 3.8) is 0 Å². The maximum absolute atomic E-state index is 14.6. The van der Waals surface area contributed by atoms with E-state index in [-0.39, 0.29) is 27.0 Å². The normalized spacial score (nSPS) is 16.5. The Labute approximate surface area is 207 Å². The highest BCUT2D eigenvalue weighted by molar-refractivity contribution is 7.90. The summed E-state index contributed by atoms with van der Waals surface area (Å²) in [6.45, 7) is 6.18. The molecule has 1 saturated carbocycles. The monoisotopic (exact) mass is 530 g/mol. The molecule has 0 amide bonds. The molecule has 0 radical (unpaired) electrons. The van der Waals surface area contributed by atoms with E-state index in [1.165, 1.54) is 30.5 Å². The molecule has 0 bridgehead atoms. The zero-order valence-electron chi connectivity index (χ0n) is 19.6. The Kier molecular flexibility index (Phi) is 6.74. The Morgan fingerprint density at radius 1 is 1.14 bits per heavy atom. The first-order valence-electron chi connectivity index (χ1n) is 11.3. The summed E-state index contributed by atoms with van der Waals surface area (Å²) in [6.07, 6.45) is -2.14. The number of benzene rings is 2. The Balaban J connectivity index is 1.90. The molecule has 1 atom stereocenters. The van der Waals surface area contributed by atoms with Crippen molar-refractivity contribution in [1.82, 2.24) is 9.29 Å². The molecule has 1 unspecified atom stereocenters. The van der Waals surface area contributed by atoms with E-state index in [0.29, 0.717) is 36.9 Å².